The third-order valence-electron chi connectivity index (χ3n) is 2.88. The first-order chi connectivity index (χ1) is 8.76. The Morgan fingerprint density at radius 1 is 1.39 bits per heavy atom. The smallest absolute Gasteiger partial charge is 0.124 e. The second-order valence-electron chi connectivity index (χ2n) is 4.14. The van der Waals surface area contributed by atoms with E-state index in [2.05, 4.69) is 16.5 Å². The zero-order chi connectivity index (χ0) is 13.0. The monoisotopic (exact) mass is 245 g/mol. The number of rotatable bonds is 5. The molecule has 1 atom stereocenters. The van der Waals surface area contributed by atoms with Crippen LogP contribution in [0.15, 0.2) is 36.7 Å². The van der Waals surface area contributed by atoms with Crippen molar-refractivity contribution in [3.63, 3.8) is 0 Å². The van der Waals surface area contributed by atoms with E-state index >= 15 is 0 Å². The van der Waals surface area contributed by atoms with Gasteiger partial charge in [-0.3, -0.25) is 4.68 Å². The van der Waals surface area contributed by atoms with E-state index < -0.39 is 0 Å². The van der Waals surface area contributed by atoms with Gasteiger partial charge in [-0.05, 0) is 20.0 Å². The van der Waals surface area contributed by atoms with Crippen molar-refractivity contribution in [1.82, 2.24) is 15.1 Å². The van der Waals surface area contributed by atoms with Crippen molar-refractivity contribution in [1.29, 1.82) is 0 Å². The number of ether oxygens (including phenoxy) is 1. The standard InChI is InChI=1S/C14H19N3O/c1-4-18-13-8-6-5-7-12(13)14(15-2)11-9-16-17(3)10-11/h5-10,14-15H,4H2,1-3H3. The van der Waals surface area contributed by atoms with Crippen LogP contribution in [-0.4, -0.2) is 23.4 Å². The molecule has 2 rings (SSSR count). The molecule has 0 aliphatic rings. The molecule has 96 valence electrons. The van der Waals surface area contributed by atoms with Crippen LogP contribution in [0, 0.1) is 0 Å². The Labute approximate surface area is 108 Å². The van der Waals surface area contributed by atoms with Crippen molar-refractivity contribution in [3.8, 4) is 5.75 Å². The van der Waals surface area contributed by atoms with Crippen LogP contribution in [0.25, 0.3) is 0 Å². The summed E-state index contributed by atoms with van der Waals surface area (Å²) in [6.45, 7) is 2.66. The van der Waals surface area contributed by atoms with Gasteiger partial charge in [-0.2, -0.15) is 5.10 Å². The number of benzene rings is 1. The molecular formula is C14H19N3O. The molecule has 4 nitrogen and oxygen atoms in total. The van der Waals surface area contributed by atoms with E-state index in [1.54, 1.807) is 0 Å². The fraction of sp³-hybridized carbons (Fsp3) is 0.357. The van der Waals surface area contributed by atoms with Gasteiger partial charge in [-0.25, -0.2) is 0 Å². The van der Waals surface area contributed by atoms with Crippen LogP contribution in [0.1, 0.15) is 24.1 Å². The van der Waals surface area contributed by atoms with Gasteiger partial charge < -0.3 is 10.1 Å². The lowest BCUT2D eigenvalue weighted by molar-refractivity contribution is 0.334. The van der Waals surface area contributed by atoms with Gasteiger partial charge in [0, 0.05) is 24.4 Å². The van der Waals surface area contributed by atoms with E-state index in [1.807, 2.05) is 56.3 Å². The minimum absolute atomic E-state index is 0.0986. The highest BCUT2D eigenvalue weighted by Crippen LogP contribution is 2.29. The maximum atomic E-state index is 5.68. The molecule has 0 fully saturated rings. The molecule has 0 saturated heterocycles. The summed E-state index contributed by atoms with van der Waals surface area (Å²) < 4.78 is 7.49. The average molecular weight is 245 g/mol. The predicted octanol–water partition coefficient (Wildman–Crippen LogP) is 2.13. The Balaban J connectivity index is 2.38. The lowest BCUT2D eigenvalue weighted by Gasteiger charge is -2.18. The third kappa shape index (κ3) is 2.54. The first kappa shape index (κ1) is 12.6. The van der Waals surface area contributed by atoms with Crippen LogP contribution in [0.5, 0.6) is 5.75 Å². The number of nitrogens with one attached hydrogen (secondary N) is 1. The highest BCUT2D eigenvalue weighted by Gasteiger charge is 2.17. The molecule has 1 aromatic heterocycles. The lowest BCUT2D eigenvalue weighted by atomic mass is 10.0. The van der Waals surface area contributed by atoms with Crippen LogP contribution in [0.3, 0.4) is 0 Å². The molecule has 1 aromatic carbocycles. The zero-order valence-corrected chi connectivity index (χ0v) is 11.1. The van der Waals surface area contributed by atoms with Crippen LogP contribution in [0.4, 0.5) is 0 Å². The molecule has 4 heteroatoms. The summed E-state index contributed by atoms with van der Waals surface area (Å²) in [4.78, 5) is 0. The van der Waals surface area contributed by atoms with E-state index in [9.17, 15) is 0 Å². The van der Waals surface area contributed by atoms with Gasteiger partial charge in [0.2, 0.25) is 0 Å². The highest BCUT2D eigenvalue weighted by molar-refractivity contribution is 5.40. The number of aryl methyl sites for hydroxylation is 1. The molecule has 18 heavy (non-hydrogen) atoms. The SMILES string of the molecule is CCOc1ccccc1C(NC)c1cnn(C)c1. The third-order valence-corrected chi connectivity index (χ3v) is 2.88. The minimum atomic E-state index is 0.0986. The second-order valence-corrected chi connectivity index (χ2v) is 4.14. The summed E-state index contributed by atoms with van der Waals surface area (Å²) >= 11 is 0. The summed E-state index contributed by atoms with van der Waals surface area (Å²) in [7, 11) is 3.87. The number of aromatic nitrogens is 2. The van der Waals surface area contributed by atoms with Crippen LogP contribution in [0.2, 0.25) is 0 Å². The Kier molecular flexibility index (Phi) is 3.99. The van der Waals surface area contributed by atoms with Crippen LogP contribution in [-0.2, 0) is 7.05 Å². The quantitative estimate of drug-likeness (QED) is 0.877. The number of hydrogen-bond acceptors (Lipinski definition) is 3. The van der Waals surface area contributed by atoms with Gasteiger partial charge in [0.25, 0.3) is 0 Å². The van der Waals surface area contributed by atoms with E-state index in [-0.39, 0.29) is 6.04 Å². The molecule has 1 unspecified atom stereocenters. The molecule has 1 heterocycles. The number of para-hydroxylation sites is 1. The first-order valence-corrected chi connectivity index (χ1v) is 6.13. The first-order valence-electron chi connectivity index (χ1n) is 6.13. The molecule has 2 aromatic rings. The van der Waals surface area contributed by atoms with Crippen LogP contribution < -0.4 is 10.1 Å². The van der Waals surface area contributed by atoms with Gasteiger partial charge in [-0.15, -0.1) is 0 Å². The van der Waals surface area contributed by atoms with Gasteiger partial charge in [-0.1, -0.05) is 18.2 Å². The average Bonchev–Trinajstić information content (AvgIpc) is 2.79. The van der Waals surface area contributed by atoms with Gasteiger partial charge in [0.15, 0.2) is 0 Å². The van der Waals surface area contributed by atoms with E-state index in [0.717, 1.165) is 16.9 Å². The van der Waals surface area contributed by atoms with Crippen molar-refractivity contribution < 1.29 is 4.74 Å². The Bertz CT molecular complexity index is 507. The maximum Gasteiger partial charge on any atom is 0.124 e. The molecule has 0 aliphatic carbocycles. The molecular weight excluding hydrogens is 226 g/mol. The molecule has 0 amide bonds. The molecule has 0 radical (unpaired) electrons. The highest BCUT2D eigenvalue weighted by atomic mass is 16.5. The summed E-state index contributed by atoms with van der Waals surface area (Å²) in [5, 5.41) is 7.54. The fourth-order valence-corrected chi connectivity index (χ4v) is 2.10. The Morgan fingerprint density at radius 3 is 2.78 bits per heavy atom. The maximum absolute atomic E-state index is 5.68. The molecule has 1 N–H and O–H groups in total. The van der Waals surface area contributed by atoms with Crippen LogP contribution >= 0.6 is 0 Å². The molecule has 0 bridgehead atoms. The summed E-state index contributed by atoms with van der Waals surface area (Å²) in [5.74, 6) is 0.920. The van der Waals surface area contributed by atoms with E-state index in [4.69, 9.17) is 4.74 Å². The topological polar surface area (TPSA) is 39.1 Å². The Hall–Kier alpha value is -1.81. The summed E-state index contributed by atoms with van der Waals surface area (Å²) in [6.07, 6.45) is 3.90. The largest absolute Gasteiger partial charge is 0.494 e. The Morgan fingerprint density at radius 2 is 2.17 bits per heavy atom. The van der Waals surface area contributed by atoms with Gasteiger partial charge in [0.1, 0.15) is 5.75 Å². The predicted molar refractivity (Wildman–Crippen MR) is 71.7 cm³/mol. The lowest BCUT2D eigenvalue weighted by Crippen LogP contribution is -2.18. The minimum Gasteiger partial charge on any atom is -0.494 e. The number of hydrogen-bond donors (Lipinski definition) is 1. The van der Waals surface area contributed by atoms with Gasteiger partial charge in [0.05, 0.1) is 18.8 Å². The van der Waals surface area contributed by atoms with Crippen molar-refractivity contribution in [2.75, 3.05) is 13.7 Å². The molecule has 0 spiro atoms. The van der Waals surface area contributed by atoms with Crippen molar-refractivity contribution >= 4 is 0 Å². The fourth-order valence-electron chi connectivity index (χ4n) is 2.10. The van der Waals surface area contributed by atoms with E-state index in [0.29, 0.717) is 6.61 Å². The molecule has 0 aliphatic heterocycles. The van der Waals surface area contributed by atoms with Gasteiger partial charge >= 0.3 is 0 Å². The summed E-state index contributed by atoms with van der Waals surface area (Å²) in [5.41, 5.74) is 2.27. The summed E-state index contributed by atoms with van der Waals surface area (Å²) in [6, 6.07) is 8.20. The van der Waals surface area contributed by atoms with E-state index in [1.165, 1.54) is 0 Å². The zero-order valence-electron chi connectivity index (χ0n) is 11.1. The number of nitrogens with zero attached hydrogens (tertiary/aromatic N) is 2. The normalized spacial score (nSPS) is 12.4. The second kappa shape index (κ2) is 5.69. The molecule has 0 saturated carbocycles. The van der Waals surface area contributed by atoms with Crippen molar-refractivity contribution in [2.24, 2.45) is 7.05 Å². The van der Waals surface area contributed by atoms with Crippen molar-refractivity contribution in [3.05, 3.63) is 47.8 Å². The van der Waals surface area contributed by atoms with Crippen molar-refractivity contribution in [2.45, 2.75) is 13.0 Å².